The van der Waals surface area contributed by atoms with E-state index in [9.17, 15) is 22.0 Å². The van der Waals surface area contributed by atoms with Gasteiger partial charge in [-0.3, -0.25) is 0 Å². The highest BCUT2D eigenvalue weighted by Gasteiger charge is 2.46. The van der Waals surface area contributed by atoms with Crippen LogP contribution in [0.15, 0.2) is 12.1 Å². The molecule has 1 atom stereocenters. The van der Waals surface area contributed by atoms with Crippen molar-refractivity contribution in [2.75, 3.05) is 11.4 Å². The van der Waals surface area contributed by atoms with Gasteiger partial charge in [-0.15, -0.1) is 0 Å². The second-order valence-electron chi connectivity index (χ2n) is 4.63. The third-order valence-electron chi connectivity index (χ3n) is 3.44. The zero-order chi connectivity index (χ0) is 14.2. The van der Waals surface area contributed by atoms with E-state index in [1.807, 2.05) is 0 Å². The Morgan fingerprint density at radius 3 is 2.26 bits per heavy atom. The van der Waals surface area contributed by atoms with E-state index < -0.39 is 23.9 Å². The van der Waals surface area contributed by atoms with Gasteiger partial charge in [0, 0.05) is 17.8 Å². The van der Waals surface area contributed by atoms with Crippen LogP contribution in [0.3, 0.4) is 0 Å². The maximum atomic E-state index is 13.6. The monoisotopic (exact) mass is 279 g/mol. The van der Waals surface area contributed by atoms with Crippen LogP contribution < -0.4 is 4.90 Å². The van der Waals surface area contributed by atoms with Crippen molar-refractivity contribution in [3.05, 3.63) is 29.3 Å². The lowest BCUT2D eigenvalue weighted by atomic mass is 10.1. The first-order valence-corrected chi connectivity index (χ1v) is 6.16. The van der Waals surface area contributed by atoms with Crippen molar-refractivity contribution in [1.29, 1.82) is 0 Å². The smallest absolute Gasteiger partial charge is 0.360 e. The number of anilines is 1. The van der Waals surface area contributed by atoms with Gasteiger partial charge in [0.2, 0.25) is 0 Å². The lowest BCUT2D eigenvalue weighted by Gasteiger charge is -2.28. The van der Waals surface area contributed by atoms with Crippen LogP contribution in [-0.2, 0) is 6.42 Å². The normalized spacial score (nSPS) is 20.1. The van der Waals surface area contributed by atoms with E-state index in [1.165, 1.54) is 0 Å². The van der Waals surface area contributed by atoms with Crippen molar-refractivity contribution in [2.45, 2.75) is 38.4 Å². The Hall–Kier alpha value is -1.33. The molecule has 0 aliphatic carbocycles. The minimum absolute atomic E-state index is 0.0352. The van der Waals surface area contributed by atoms with Gasteiger partial charge < -0.3 is 4.90 Å². The average molecular weight is 279 g/mol. The molecule has 0 radical (unpaired) electrons. The topological polar surface area (TPSA) is 3.24 Å². The Morgan fingerprint density at radius 1 is 1.21 bits per heavy atom. The number of halogens is 5. The zero-order valence-corrected chi connectivity index (χ0v) is 10.4. The summed E-state index contributed by atoms with van der Waals surface area (Å²) in [6.45, 7) is 1.75. The summed E-state index contributed by atoms with van der Waals surface area (Å²) in [5, 5.41) is 0. The van der Waals surface area contributed by atoms with E-state index in [4.69, 9.17) is 0 Å². The summed E-state index contributed by atoms with van der Waals surface area (Å²) in [6, 6.07) is 0.330. The molecule has 1 saturated heterocycles. The van der Waals surface area contributed by atoms with Crippen LogP contribution >= 0.6 is 0 Å². The van der Waals surface area contributed by atoms with E-state index in [0.717, 1.165) is 17.0 Å². The quantitative estimate of drug-likeness (QED) is 0.738. The molecule has 2 rings (SSSR count). The van der Waals surface area contributed by atoms with Gasteiger partial charge in [-0.25, -0.2) is 8.78 Å². The van der Waals surface area contributed by atoms with Gasteiger partial charge in [0.25, 0.3) is 0 Å². The molecule has 0 saturated carbocycles. The molecule has 0 spiro atoms. The molecule has 6 heteroatoms. The molecule has 1 fully saturated rings. The standard InChI is InChI=1S/C13H14F5N/c1-2-9-10(14)6-8(7-11(9)15)19-5-3-4-12(19)13(16,17)18/h6-7,12H,2-5H2,1H3/t12-/m1/s1. The van der Waals surface area contributed by atoms with Crippen molar-refractivity contribution >= 4 is 5.69 Å². The van der Waals surface area contributed by atoms with Crippen LogP contribution in [0.4, 0.5) is 27.6 Å². The first-order chi connectivity index (χ1) is 8.84. The second-order valence-corrected chi connectivity index (χ2v) is 4.63. The Labute approximate surface area is 108 Å². The number of rotatable bonds is 2. The molecule has 1 aliphatic heterocycles. The molecule has 0 unspecified atom stereocenters. The number of hydrogen-bond donors (Lipinski definition) is 0. The molecule has 1 heterocycles. The van der Waals surface area contributed by atoms with Crippen LogP contribution in [-0.4, -0.2) is 18.8 Å². The minimum atomic E-state index is -4.38. The molecule has 0 bridgehead atoms. The van der Waals surface area contributed by atoms with Gasteiger partial charge in [-0.2, -0.15) is 13.2 Å². The van der Waals surface area contributed by atoms with Crippen LogP contribution in [0.5, 0.6) is 0 Å². The highest BCUT2D eigenvalue weighted by atomic mass is 19.4. The van der Waals surface area contributed by atoms with Gasteiger partial charge in [0.05, 0.1) is 0 Å². The lowest BCUT2D eigenvalue weighted by Crippen LogP contribution is -2.41. The fourth-order valence-corrected chi connectivity index (χ4v) is 2.51. The Bertz CT molecular complexity index is 446. The molecule has 1 aliphatic rings. The third kappa shape index (κ3) is 2.67. The molecule has 1 aromatic carbocycles. The molecule has 1 nitrogen and oxygen atoms in total. The van der Waals surface area contributed by atoms with Gasteiger partial charge >= 0.3 is 6.18 Å². The van der Waals surface area contributed by atoms with Crippen LogP contribution in [0, 0.1) is 11.6 Å². The molecule has 106 valence electrons. The van der Waals surface area contributed by atoms with Gasteiger partial charge in [0.15, 0.2) is 0 Å². The lowest BCUT2D eigenvalue weighted by molar-refractivity contribution is -0.146. The van der Waals surface area contributed by atoms with Crippen molar-refractivity contribution in [3.8, 4) is 0 Å². The largest absolute Gasteiger partial charge is 0.408 e. The highest BCUT2D eigenvalue weighted by Crippen LogP contribution is 2.36. The fourth-order valence-electron chi connectivity index (χ4n) is 2.51. The van der Waals surface area contributed by atoms with Crippen LogP contribution in [0.1, 0.15) is 25.3 Å². The Balaban J connectivity index is 2.37. The summed E-state index contributed by atoms with van der Waals surface area (Å²) in [5.74, 6) is -1.57. The summed E-state index contributed by atoms with van der Waals surface area (Å²) in [4.78, 5) is 1.03. The highest BCUT2D eigenvalue weighted by molar-refractivity contribution is 5.51. The van der Waals surface area contributed by atoms with Crippen molar-refractivity contribution in [1.82, 2.24) is 0 Å². The van der Waals surface area contributed by atoms with E-state index in [-0.39, 0.29) is 30.6 Å². The van der Waals surface area contributed by atoms with Gasteiger partial charge in [-0.05, 0) is 31.4 Å². The van der Waals surface area contributed by atoms with Gasteiger partial charge in [0.1, 0.15) is 17.7 Å². The van der Waals surface area contributed by atoms with Crippen LogP contribution in [0.25, 0.3) is 0 Å². The molecule has 0 amide bonds. The number of alkyl halides is 3. The first kappa shape index (κ1) is 14.1. The van der Waals surface area contributed by atoms with E-state index in [1.54, 1.807) is 6.92 Å². The van der Waals surface area contributed by atoms with Crippen molar-refractivity contribution in [2.24, 2.45) is 0 Å². The maximum Gasteiger partial charge on any atom is 0.408 e. The summed E-state index contributed by atoms with van der Waals surface area (Å²) in [6.07, 6.45) is -3.89. The third-order valence-corrected chi connectivity index (χ3v) is 3.44. The number of benzene rings is 1. The van der Waals surface area contributed by atoms with Crippen LogP contribution in [0.2, 0.25) is 0 Å². The van der Waals surface area contributed by atoms with E-state index >= 15 is 0 Å². The fraction of sp³-hybridized carbons (Fsp3) is 0.538. The number of hydrogen-bond acceptors (Lipinski definition) is 1. The SMILES string of the molecule is CCc1c(F)cc(N2CCC[C@@H]2C(F)(F)F)cc1F. The summed E-state index contributed by atoms with van der Waals surface area (Å²) in [5.41, 5.74) is -0.126. The molecule has 0 aromatic heterocycles. The van der Waals surface area contributed by atoms with E-state index in [2.05, 4.69) is 0 Å². The minimum Gasteiger partial charge on any atom is -0.360 e. The van der Waals surface area contributed by atoms with E-state index in [0.29, 0.717) is 6.42 Å². The van der Waals surface area contributed by atoms with Gasteiger partial charge in [-0.1, -0.05) is 6.92 Å². The van der Waals surface area contributed by atoms with Crippen molar-refractivity contribution in [3.63, 3.8) is 0 Å². The summed E-state index contributed by atoms with van der Waals surface area (Å²) < 4.78 is 65.7. The second kappa shape index (κ2) is 4.98. The zero-order valence-electron chi connectivity index (χ0n) is 10.4. The van der Waals surface area contributed by atoms with Crippen molar-refractivity contribution < 1.29 is 22.0 Å². The predicted molar refractivity (Wildman–Crippen MR) is 62.2 cm³/mol. The molecule has 1 aromatic rings. The molecule has 19 heavy (non-hydrogen) atoms. The summed E-state index contributed by atoms with van der Waals surface area (Å²) >= 11 is 0. The molecule has 0 N–H and O–H groups in total. The predicted octanol–water partition coefficient (Wildman–Crippen LogP) is 4.06. The number of nitrogens with zero attached hydrogens (tertiary/aromatic N) is 1. The first-order valence-electron chi connectivity index (χ1n) is 6.16. The summed E-state index contributed by atoms with van der Waals surface area (Å²) in [7, 11) is 0. The molecular weight excluding hydrogens is 265 g/mol. The molecular formula is C13H14F5N. The average Bonchev–Trinajstić information content (AvgIpc) is 2.76. The Morgan fingerprint density at radius 2 is 1.79 bits per heavy atom. The Kier molecular flexibility index (Phi) is 3.69. The maximum absolute atomic E-state index is 13.6.